The predicted octanol–water partition coefficient (Wildman–Crippen LogP) is 2.17. The average Bonchev–Trinajstić information content (AvgIpc) is 3.47. The van der Waals surface area contributed by atoms with Crippen molar-refractivity contribution in [2.24, 2.45) is 17.6 Å². The van der Waals surface area contributed by atoms with Crippen molar-refractivity contribution in [3.8, 4) is 11.5 Å². The first-order valence-corrected chi connectivity index (χ1v) is 12.1. The van der Waals surface area contributed by atoms with Crippen LogP contribution in [0.1, 0.15) is 11.6 Å². The van der Waals surface area contributed by atoms with Crippen LogP contribution in [0.15, 0.2) is 53.2 Å². The number of nitrogens with zero attached hydrogens (tertiary/aromatic N) is 6. The van der Waals surface area contributed by atoms with Crippen molar-refractivity contribution in [2.75, 3.05) is 31.2 Å². The van der Waals surface area contributed by atoms with Gasteiger partial charge in [0, 0.05) is 36.7 Å². The van der Waals surface area contributed by atoms with Gasteiger partial charge in [0.1, 0.15) is 11.5 Å². The van der Waals surface area contributed by atoms with E-state index in [4.69, 9.17) is 14.9 Å². The van der Waals surface area contributed by atoms with E-state index in [1.165, 1.54) is 23.1 Å². The summed E-state index contributed by atoms with van der Waals surface area (Å²) in [5.41, 5.74) is 6.34. The van der Waals surface area contributed by atoms with E-state index in [9.17, 15) is 22.8 Å². The van der Waals surface area contributed by atoms with E-state index >= 15 is 0 Å². The van der Waals surface area contributed by atoms with Gasteiger partial charge in [-0.3, -0.25) is 15.3 Å². The predicted molar refractivity (Wildman–Crippen MR) is 129 cm³/mol. The van der Waals surface area contributed by atoms with Crippen LogP contribution >= 0.6 is 0 Å². The van der Waals surface area contributed by atoms with Crippen LogP contribution in [0.4, 0.5) is 18.9 Å². The summed E-state index contributed by atoms with van der Waals surface area (Å²) >= 11 is 0. The zero-order valence-electron chi connectivity index (χ0n) is 20.3. The quantitative estimate of drug-likeness (QED) is 0.352. The molecule has 3 aromatic heterocycles. The normalized spacial score (nSPS) is 16.3. The molecule has 2 saturated heterocycles. The molecule has 2 aliphatic heterocycles. The molecule has 2 fully saturated rings. The van der Waals surface area contributed by atoms with Crippen molar-refractivity contribution in [3.05, 3.63) is 66.2 Å². The lowest BCUT2D eigenvalue weighted by atomic mass is 9.94. The Morgan fingerprint density at radius 1 is 1.13 bits per heavy atom. The molecule has 14 heteroatoms. The fourth-order valence-electron chi connectivity index (χ4n) is 4.49. The van der Waals surface area contributed by atoms with Crippen molar-refractivity contribution in [3.63, 3.8) is 0 Å². The van der Waals surface area contributed by atoms with Gasteiger partial charge in [-0.25, -0.2) is 9.37 Å². The Hall–Kier alpha value is -4.30. The number of nitrogens with two attached hydrogens (primary N) is 1. The summed E-state index contributed by atoms with van der Waals surface area (Å²) in [5, 5.41) is 6.91. The van der Waals surface area contributed by atoms with Crippen LogP contribution in [-0.2, 0) is 26.9 Å². The minimum absolute atomic E-state index is 0.0256. The molecule has 39 heavy (non-hydrogen) atoms. The standard InChI is InChI=1S/C25H22F3N7O4/c26-17-2-1-3-19(7-17)35(23(37)15-8-34(9-15)22(36)16-12-38-13-16)11-18-10-33-5-4-14(6-20(33)30-18)21-31-32-24(39-21)25(27,28)29/h1-7,10,15-16H,8-9,11-13,29H2. The van der Waals surface area contributed by atoms with Gasteiger partial charge in [-0.1, -0.05) is 6.07 Å². The first-order valence-electron chi connectivity index (χ1n) is 12.1. The second kappa shape index (κ2) is 9.47. The topological polar surface area (TPSA) is 132 Å². The number of halogens is 3. The summed E-state index contributed by atoms with van der Waals surface area (Å²) in [6, 6.07) is 5.06. The lowest BCUT2D eigenvalue weighted by molar-refractivity contribution is -0.157. The number of fused-ring (bicyclic) bond motifs is 1. The second-order valence-corrected chi connectivity index (χ2v) is 9.53. The van der Waals surface area contributed by atoms with Gasteiger partial charge < -0.3 is 23.4 Å². The van der Waals surface area contributed by atoms with E-state index in [1.807, 2.05) is 0 Å². The van der Waals surface area contributed by atoms with Gasteiger partial charge in [-0.2, -0.15) is 8.78 Å². The van der Waals surface area contributed by atoms with Crippen LogP contribution in [0.2, 0.25) is 0 Å². The van der Waals surface area contributed by atoms with Gasteiger partial charge in [0.05, 0.1) is 37.3 Å². The summed E-state index contributed by atoms with van der Waals surface area (Å²) in [6.45, 7) is 1.38. The molecule has 6 rings (SSSR count). The molecule has 1 aromatic carbocycles. The highest BCUT2D eigenvalue weighted by Gasteiger charge is 2.42. The third-order valence-corrected chi connectivity index (χ3v) is 6.70. The number of imidazole rings is 1. The number of hydrogen-bond acceptors (Lipinski definition) is 8. The maximum absolute atomic E-state index is 14.1. The first kappa shape index (κ1) is 25.0. The lowest BCUT2D eigenvalue weighted by Crippen LogP contribution is -2.59. The maximum Gasteiger partial charge on any atom is 0.378 e. The van der Waals surface area contributed by atoms with Gasteiger partial charge >= 0.3 is 11.9 Å². The van der Waals surface area contributed by atoms with E-state index in [0.29, 0.717) is 35.8 Å². The zero-order valence-corrected chi connectivity index (χ0v) is 20.3. The lowest BCUT2D eigenvalue weighted by Gasteiger charge is -2.43. The number of rotatable bonds is 7. The molecule has 0 spiro atoms. The van der Waals surface area contributed by atoms with Crippen molar-refractivity contribution < 1.29 is 31.9 Å². The van der Waals surface area contributed by atoms with E-state index in [0.717, 1.165) is 0 Å². The van der Waals surface area contributed by atoms with E-state index < -0.39 is 23.7 Å². The van der Waals surface area contributed by atoms with Gasteiger partial charge in [0.15, 0.2) is 0 Å². The summed E-state index contributed by atoms with van der Waals surface area (Å²) in [5.74, 6) is -2.54. The number of aromatic nitrogens is 4. The molecule has 2 N–H and O–H groups in total. The van der Waals surface area contributed by atoms with Gasteiger partial charge in [-0.15, -0.1) is 10.2 Å². The number of benzene rings is 1. The highest BCUT2D eigenvalue weighted by atomic mass is 19.3. The number of anilines is 1. The van der Waals surface area contributed by atoms with E-state index in [2.05, 4.69) is 15.2 Å². The van der Waals surface area contributed by atoms with Crippen LogP contribution < -0.4 is 10.6 Å². The van der Waals surface area contributed by atoms with Gasteiger partial charge in [0.25, 0.3) is 0 Å². The molecule has 0 atom stereocenters. The van der Waals surface area contributed by atoms with Crippen LogP contribution in [0.5, 0.6) is 0 Å². The second-order valence-electron chi connectivity index (χ2n) is 9.53. The zero-order chi connectivity index (χ0) is 27.3. The monoisotopic (exact) mass is 541 g/mol. The molecular formula is C25H22F3N7O4. The minimum atomic E-state index is -3.76. The Bertz CT molecular complexity index is 1560. The Labute approximate surface area is 219 Å². The molecule has 2 aliphatic rings. The molecule has 2 amide bonds. The van der Waals surface area contributed by atoms with E-state index in [-0.39, 0.29) is 43.3 Å². The minimum Gasteiger partial charge on any atom is -0.414 e. The van der Waals surface area contributed by atoms with Crippen molar-refractivity contribution in [1.29, 1.82) is 0 Å². The maximum atomic E-state index is 14.1. The van der Waals surface area contributed by atoms with Gasteiger partial charge in [0.2, 0.25) is 17.7 Å². The Morgan fingerprint density at radius 3 is 2.59 bits per heavy atom. The Balaban J connectivity index is 1.23. The summed E-state index contributed by atoms with van der Waals surface area (Å²) in [7, 11) is 0. The number of carbonyl (C=O) groups is 2. The van der Waals surface area contributed by atoms with Crippen LogP contribution in [0, 0.1) is 17.7 Å². The summed E-state index contributed by atoms with van der Waals surface area (Å²) in [6.07, 6.45) is 3.32. The fourth-order valence-corrected chi connectivity index (χ4v) is 4.49. The number of ether oxygens (including phenoxy) is 1. The number of hydrogen-bond donors (Lipinski definition) is 1. The molecule has 0 radical (unpaired) electrons. The molecule has 0 saturated carbocycles. The highest BCUT2D eigenvalue weighted by molar-refractivity contribution is 5.97. The Kier molecular flexibility index (Phi) is 6.07. The van der Waals surface area contributed by atoms with Crippen LogP contribution in [0.25, 0.3) is 17.1 Å². The smallest absolute Gasteiger partial charge is 0.378 e. The van der Waals surface area contributed by atoms with Crippen LogP contribution in [-0.4, -0.2) is 62.6 Å². The number of amides is 2. The molecule has 0 aliphatic carbocycles. The summed E-state index contributed by atoms with van der Waals surface area (Å²) < 4.78 is 52.4. The van der Waals surface area contributed by atoms with Crippen molar-refractivity contribution in [1.82, 2.24) is 24.5 Å². The van der Waals surface area contributed by atoms with Crippen LogP contribution in [0.3, 0.4) is 0 Å². The van der Waals surface area contributed by atoms with Gasteiger partial charge in [-0.05, 0) is 30.3 Å². The molecule has 0 bridgehead atoms. The highest BCUT2D eigenvalue weighted by Crippen LogP contribution is 2.28. The van der Waals surface area contributed by atoms with Crippen molar-refractivity contribution in [2.45, 2.75) is 12.6 Å². The molecule has 5 heterocycles. The number of likely N-dealkylation sites (tertiary alicyclic amines) is 1. The molecule has 0 unspecified atom stereocenters. The van der Waals surface area contributed by atoms with Crippen molar-refractivity contribution >= 4 is 23.1 Å². The SMILES string of the molecule is NC(F)(F)c1nnc(-c2ccn3cc(CN(C(=O)C4CN(C(=O)C5COC5)C4)c4cccc(F)c4)nc3c2)o1. The fraction of sp³-hybridized carbons (Fsp3) is 0.320. The molecule has 11 nitrogen and oxygen atoms in total. The Morgan fingerprint density at radius 2 is 1.92 bits per heavy atom. The number of alkyl halides is 2. The number of carbonyl (C=O) groups excluding carboxylic acids is 2. The third kappa shape index (κ3) is 4.83. The molecular weight excluding hydrogens is 519 g/mol. The third-order valence-electron chi connectivity index (χ3n) is 6.70. The summed E-state index contributed by atoms with van der Waals surface area (Å²) in [4.78, 5) is 33.6. The first-order chi connectivity index (χ1) is 18.7. The molecule has 4 aromatic rings. The molecule has 202 valence electrons. The largest absolute Gasteiger partial charge is 0.414 e. The van der Waals surface area contributed by atoms with E-state index in [1.54, 1.807) is 39.9 Å². The number of pyridine rings is 1. The average molecular weight is 541 g/mol.